The predicted octanol–water partition coefficient (Wildman–Crippen LogP) is 6.06. The number of rotatable bonds is 1. The molecular formula is C22H33ClN2O2. The van der Waals surface area contributed by atoms with Crippen molar-refractivity contribution in [3.8, 4) is 0 Å². The Labute approximate surface area is 168 Å². The van der Waals surface area contributed by atoms with Gasteiger partial charge in [0.2, 0.25) is 0 Å². The topological polar surface area (TPSA) is 55.6 Å². The molecule has 1 saturated heterocycles. The maximum absolute atomic E-state index is 12.7. The summed E-state index contributed by atoms with van der Waals surface area (Å²) in [5.41, 5.74) is 9.60. The molecule has 0 radical (unpaired) electrons. The Morgan fingerprint density at radius 3 is 2.44 bits per heavy atom. The standard InChI is InChI=1S/C22H33ClN2O2/c1-14-16(12-17(23)13-18(14)24)10-15-8-9-25(19(11-15)21(2,3)4)20(26)27-22(5,6)7/h10,12-13,19H,8-9,11,24H2,1-7H3. The highest BCUT2D eigenvalue weighted by Gasteiger charge is 2.38. The Morgan fingerprint density at radius 2 is 1.89 bits per heavy atom. The van der Waals surface area contributed by atoms with Crippen LogP contribution in [0.15, 0.2) is 17.7 Å². The van der Waals surface area contributed by atoms with Crippen molar-refractivity contribution in [2.24, 2.45) is 5.41 Å². The van der Waals surface area contributed by atoms with E-state index in [9.17, 15) is 4.79 Å². The number of halogens is 1. The molecule has 4 nitrogen and oxygen atoms in total. The lowest BCUT2D eigenvalue weighted by molar-refractivity contribution is -0.00186. The van der Waals surface area contributed by atoms with Gasteiger partial charge in [0.1, 0.15) is 5.60 Å². The van der Waals surface area contributed by atoms with Gasteiger partial charge in [0, 0.05) is 23.3 Å². The first-order valence-corrected chi connectivity index (χ1v) is 9.90. The minimum absolute atomic E-state index is 0.0567. The third-order valence-electron chi connectivity index (χ3n) is 4.95. The van der Waals surface area contributed by atoms with Crippen LogP contribution in [0.2, 0.25) is 5.02 Å². The maximum atomic E-state index is 12.7. The van der Waals surface area contributed by atoms with Crippen LogP contribution in [0.3, 0.4) is 0 Å². The van der Waals surface area contributed by atoms with Gasteiger partial charge >= 0.3 is 6.09 Å². The molecule has 0 aromatic heterocycles. The summed E-state index contributed by atoms with van der Waals surface area (Å²) < 4.78 is 5.64. The first-order chi connectivity index (χ1) is 12.3. The van der Waals surface area contributed by atoms with E-state index in [1.807, 2.05) is 38.7 Å². The van der Waals surface area contributed by atoms with Gasteiger partial charge in [0.15, 0.2) is 0 Å². The normalized spacial score (nSPS) is 20.1. The molecule has 1 aromatic rings. The van der Waals surface area contributed by atoms with E-state index in [2.05, 4.69) is 26.8 Å². The van der Waals surface area contributed by atoms with Gasteiger partial charge in [-0.2, -0.15) is 0 Å². The monoisotopic (exact) mass is 392 g/mol. The summed E-state index contributed by atoms with van der Waals surface area (Å²) in [5.74, 6) is 0. The number of likely N-dealkylation sites (tertiary alicyclic amines) is 1. The van der Waals surface area contributed by atoms with Gasteiger partial charge in [0.25, 0.3) is 0 Å². The fourth-order valence-electron chi connectivity index (χ4n) is 3.42. The average Bonchev–Trinajstić information content (AvgIpc) is 2.49. The summed E-state index contributed by atoms with van der Waals surface area (Å²) in [7, 11) is 0. The molecule has 1 atom stereocenters. The Kier molecular flexibility index (Phi) is 6.20. The fraction of sp³-hybridized carbons (Fsp3) is 0.591. The van der Waals surface area contributed by atoms with Crippen molar-refractivity contribution in [2.45, 2.75) is 73.0 Å². The third-order valence-corrected chi connectivity index (χ3v) is 5.16. The van der Waals surface area contributed by atoms with E-state index in [0.717, 1.165) is 24.0 Å². The minimum Gasteiger partial charge on any atom is -0.444 e. The first kappa shape index (κ1) is 21.6. The molecule has 1 aromatic carbocycles. The Balaban J connectivity index is 2.30. The lowest BCUT2D eigenvalue weighted by atomic mass is 9.78. The summed E-state index contributed by atoms with van der Waals surface area (Å²) in [6.07, 6.45) is 3.58. The molecule has 1 heterocycles. The van der Waals surface area contributed by atoms with Crippen molar-refractivity contribution in [3.05, 3.63) is 33.9 Å². The van der Waals surface area contributed by atoms with E-state index in [0.29, 0.717) is 17.3 Å². The van der Waals surface area contributed by atoms with Crippen molar-refractivity contribution in [1.82, 2.24) is 4.90 Å². The van der Waals surface area contributed by atoms with Crippen molar-refractivity contribution >= 4 is 29.5 Å². The lowest BCUT2D eigenvalue weighted by Crippen LogP contribution is -2.51. The number of benzene rings is 1. The number of nitrogens with two attached hydrogens (primary N) is 1. The Hall–Kier alpha value is -1.68. The lowest BCUT2D eigenvalue weighted by Gasteiger charge is -2.44. The number of piperidine rings is 1. The number of carbonyl (C=O) groups excluding carboxylic acids is 1. The SMILES string of the molecule is Cc1c(N)cc(Cl)cc1C=C1CCN(C(=O)OC(C)(C)C)C(C(C)(C)C)C1. The first-order valence-electron chi connectivity index (χ1n) is 9.52. The zero-order valence-electron chi connectivity index (χ0n) is 17.6. The molecule has 5 heteroatoms. The molecule has 1 fully saturated rings. The third kappa shape index (κ3) is 5.65. The summed E-state index contributed by atoms with van der Waals surface area (Å²) >= 11 is 6.19. The van der Waals surface area contributed by atoms with Gasteiger partial charge in [-0.3, -0.25) is 0 Å². The molecule has 1 aliphatic rings. The van der Waals surface area contributed by atoms with Crippen molar-refractivity contribution in [1.29, 1.82) is 0 Å². The molecule has 1 amide bonds. The number of ether oxygens (including phenoxy) is 1. The zero-order valence-corrected chi connectivity index (χ0v) is 18.4. The molecule has 27 heavy (non-hydrogen) atoms. The van der Waals surface area contributed by atoms with Gasteiger partial charge in [-0.25, -0.2) is 4.79 Å². The highest BCUT2D eigenvalue weighted by atomic mass is 35.5. The van der Waals surface area contributed by atoms with Gasteiger partial charge in [-0.05, 0) is 69.2 Å². The second-order valence-electron chi connectivity index (χ2n) is 9.52. The number of nitrogen functional groups attached to an aromatic ring is 1. The number of amides is 1. The van der Waals surface area contributed by atoms with Crippen LogP contribution in [0.25, 0.3) is 6.08 Å². The van der Waals surface area contributed by atoms with Crippen LogP contribution in [0.1, 0.15) is 65.5 Å². The number of hydrogen-bond donors (Lipinski definition) is 1. The molecular weight excluding hydrogens is 360 g/mol. The molecule has 1 aliphatic heterocycles. The molecule has 150 valence electrons. The predicted molar refractivity (Wildman–Crippen MR) is 114 cm³/mol. The van der Waals surface area contributed by atoms with Crippen LogP contribution in [0.5, 0.6) is 0 Å². The highest BCUT2D eigenvalue weighted by Crippen LogP contribution is 2.36. The second kappa shape index (κ2) is 7.75. The summed E-state index contributed by atoms with van der Waals surface area (Å²) in [5, 5.41) is 0.642. The number of carbonyl (C=O) groups is 1. The van der Waals surface area contributed by atoms with E-state index in [1.54, 1.807) is 6.07 Å². The molecule has 0 aliphatic carbocycles. The molecule has 0 spiro atoms. The van der Waals surface area contributed by atoms with Crippen LogP contribution in [-0.2, 0) is 4.74 Å². The van der Waals surface area contributed by atoms with Crippen molar-refractivity contribution < 1.29 is 9.53 Å². The average molecular weight is 393 g/mol. The van der Waals surface area contributed by atoms with Crippen LogP contribution < -0.4 is 5.73 Å². The van der Waals surface area contributed by atoms with Crippen molar-refractivity contribution in [3.63, 3.8) is 0 Å². The van der Waals surface area contributed by atoms with Gasteiger partial charge in [-0.15, -0.1) is 0 Å². The molecule has 0 saturated carbocycles. The van der Waals surface area contributed by atoms with E-state index >= 15 is 0 Å². The maximum Gasteiger partial charge on any atom is 0.410 e. The molecule has 1 unspecified atom stereocenters. The summed E-state index contributed by atoms with van der Waals surface area (Å²) in [6, 6.07) is 3.80. The summed E-state index contributed by atoms with van der Waals surface area (Å²) in [6.45, 7) is 14.9. The van der Waals surface area contributed by atoms with Gasteiger partial charge < -0.3 is 15.4 Å². The smallest absolute Gasteiger partial charge is 0.410 e. The molecule has 2 N–H and O–H groups in total. The Bertz CT molecular complexity index is 742. The van der Waals surface area contributed by atoms with Crippen LogP contribution in [0.4, 0.5) is 10.5 Å². The van der Waals surface area contributed by atoms with E-state index in [-0.39, 0.29) is 17.6 Å². The second-order valence-corrected chi connectivity index (χ2v) is 9.96. The Morgan fingerprint density at radius 1 is 1.26 bits per heavy atom. The van der Waals surface area contributed by atoms with E-state index in [4.69, 9.17) is 22.1 Å². The van der Waals surface area contributed by atoms with E-state index in [1.165, 1.54) is 5.57 Å². The largest absolute Gasteiger partial charge is 0.444 e. The number of hydrogen-bond acceptors (Lipinski definition) is 3. The minimum atomic E-state index is -0.495. The van der Waals surface area contributed by atoms with E-state index < -0.39 is 5.60 Å². The number of anilines is 1. The van der Waals surface area contributed by atoms with Crippen LogP contribution in [0, 0.1) is 12.3 Å². The van der Waals surface area contributed by atoms with Gasteiger partial charge in [-0.1, -0.05) is 44.0 Å². The fourth-order valence-corrected chi connectivity index (χ4v) is 3.65. The van der Waals surface area contributed by atoms with Crippen LogP contribution in [-0.4, -0.2) is 29.2 Å². The number of nitrogens with zero attached hydrogens (tertiary/aromatic N) is 1. The molecule has 2 rings (SSSR count). The quantitative estimate of drug-likeness (QED) is 0.591. The highest BCUT2D eigenvalue weighted by molar-refractivity contribution is 6.31. The zero-order chi connectivity index (χ0) is 20.6. The van der Waals surface area contributed by atoms with Crippen LogP contribution >= 0.6 is 11.6 Å². The van der Waals surface area contributed by atoms with Gasteiger partial charge in [0.05, 0.1) is 0 Å². The van der Waals surface area contributed by atoms with Crippen molar-refractivity contribution in [2.75, 3.05) is 12.3 Å². The molecule has 0 bridgehead atoms. The summed E-state index contributed by atoms with van der Waals surface area (Å²) in [4.78, 5) is 14.6.